The van der Waals surface area contributed by atoms with E-state index >= 15 is 0 Å². The van der Waals surface area contributed by atoms with E-state index in [-0.39, 0.29) is 11.2 Å². The molecule has 2 nitrogen and oxygen atoms in total. The van der Waals surface area contributed by atoms with Crippen molar-refractivity contribution in [3.63, 3.8) is 0 Å². The number of hydrogen-bond donors (Lipinski definition) is 1. The number of allylic oxidation sites excluding steroid dienone is 5. The van der Waals surface area contributed by atoms with Gasteiger partial charge in [-0.3, -0.25) is 4.79 Å². The SMILES string of the molecule is C#CC1(O)CC[C@H]2[C@@H]3CCC4=CC(=O)CCC4=C3C=CC21CC. The quantitative estimate of drug-likeness (QED) is 0.750. The Morgan fingerprint density at radius 2 is 2.17 bits per heavy atom. The van der Waals surface area contributed by atoms with Gasteiger partial charge in [0, 0.05) is 11.8 Å². The summed E-state index contributed by atoms with van der Waals surface area (Å²) in [6.07, 6.45) is 18.2. The average Bonchev–Trinajstić information content (AvgIpc) is 2.88. The van der Waals surface area contributed by atoms with E-state index in [0.717, 1.165) is 32.1 Å². The minimum absolute atomic E-state index is 0.271. The van der Waals surface area contributed by atoms with Crippen LogP contribution in [0.5, 0.6) is 0 Å². The van der Waals surface area contributed by atoms with Crippen LogP contribution in [0, 0.1) is 29.6 Å². The van der Waals surface area contributed by atoms with Crippen LogP contribution in [0.4, 0.5) is 0 Å². The molecule has 0 aromatic heterocycles. The lowest BCUT2D eigenvalue weighted by molar-refractivity contribution is -0.114. The molecule has 4 aliphatic carbocycles. The summed E-state index contributed by atoms with van der Waals surface area (Å²) in [6, 6.07) is 0. The predicted octanol–water partition coefficient (Wildman–Crippen LogP) is 3.72. The molecule has 1 saturated carbocycles. The Hall–Kier alpha value is -1.59. The summed E-state index contributed by atoms with van der Waals surface area (Å²) in [4.78, 5) is 11.7. The van der Waals surface area contributed by atoms with Crippen LogP contribution in [0.15, 0.2) is 34.9 Å². The molecular formula is C21H24O2. The van der Waals surface area contributed by atoms with Crippen molar-refractivity contribution in [3.8, 4) is 12.3 Å². The summed E-state index contributed by atoms with van der Waals surface area (Å²) in [5.41, 5.74) is 2.80. The van der Waals surface area contributed by atoms with Crippen LogP contribution in [0.2, 0.25) is 0 Å². The van der Waals surface area contributed by atoms with Gasteiger partial charge in [0.2, 0.25) is 0 Å². The second-order valence-corrected chi connectivity index (χ2v) is 7.59. The van der Waals surface area contributed by atoms with E-state index in [2.05, 4.69) is 25.0 Å². The maximum atomic E-state index is 11.7. The standard InChI is InChI=1S/C21H24O2/c1-3-20-11-9-17-16-8-6-15(22)13-14(16)5-7-18(17)19(20)10-12-21(20,23)4-2/h2,9,11,13,18-19,23H,3,5-8,10,12H2,1H3/t18-,19+,20?,21?/m1/s1. The smallest absolute Gasteiger partial charge is 0.156 e. The molecule has 0 aromatic carbocycles. The van der Waals surface area contributed by atoms with Crippen molar-refractivity contribution in [2.45, 2.75) is 57.5 Å². The molecule has 0 radical (unpaired) electrons. The molecule has 1 N–H and O–H groups in total. The van der Waals surface area contributed by atoms with Gasteiger partial charge in [-0.25, -0.2) is 0 Å². The van der Waals surface area contributed by atoms with Gasteiger partial charge >= 0.3 is 0 Å². The third-order valence-electron chi connectivity index (χ3n) is 6.94. The Labute approximate surface area is 138 Å². The third-order valence-corrected chi connectivity index (χ3v) is 6.94. The highest BCUT2D eigenvalue weighted by molar-refractivity contribution is 5.93. The first kappa shape index (κ1) is 15.0. The Kier molecular flexibility index (Phi) is 3.22. The topological polar surface area (TPSA) is 37.3 Å². The van der Waals surface area contributed by atoms with E-state index in [1.54, 1.807) is 0 Å². The first-order valence-electron chi connectivity index (χ1n) is 8.91. The number of aliphatic hydroxyl groups is 1. The van der Waals surface area contributed by atoms with E-state index in [1.165, 1.54) is 16.7 Å². The van der Waals surface area contributed by atoms with Gasteiger partial charge in [-0.05, 0) is 73.2 Å². The lowest BCUT2D eigenvalue weighted by Crippen LogP contribution is -2.48. The zero-order valence-corrected chi connectivity index (χ0v) is 13.8. The fraction of sp³-hybridized carbons (Fsp3) is 0.571. The number of fused-ring (bicyclic) bond motifs is 4. The van der Waals surface area contributed by atoms with Crippen LogP contribution >= 0.6 is 0 Å². The summed E-state index contributed by atoms with van der Waals surface area (Å²) >= 11 is 0. The highest BCUT2D eigenvalue weighted by atomic mass is 16.3. The molecule has 0 spiro atoms. The number of rotatable bonds is 1. The third kappa shape index (κ3) is 1.83. The van der Waals surface area contributed by atoms with Crippen LogP contribution in [0.3, 0.4) is 0 Å². The van der Waals surface area contributed by atoms with Gasteiger partial charge in [0.15, 0.2) is 5.78 Å². The Morgan fingerprint density at radius 1 is 1.35 bits per heavy atom. The monoisotopic (exact) mass is 308 g/mol. The van der Waals surface area contributed by atoms with E-state index in [4.69, 9.17) is 6.42 Å². The molecule has 23 heavy (non-hydrogen) atoms. The van der Waals surface area contributed by atoms with Crippen molar-refractivity contribution in [1.82, 2.24) is 0 Å². The molecule has 4 atom stereocenters. The zero-order valence-electron chi connectivity index (χ0n) is 13.8. The molecule has 4 aliphatic rings. The van der Waals surface area contributed by atoms with Gasteiger partial charge < -0.3 is 5.11 Å². The van der Waals surface area contributed by atoms with Gasteiger partial charge in [-0.15, -0.1) is 6.42 Å². The van der Waals surface area contributed by atoms with Crippen molar-refractivity contribution in [1.29, 1.82) is 0 Å². The normalized spacial score (nSPS) is 41.8. The summed E-state index contributed by atoms with van der Waals surface area (Å²) in [6.45, 7) is 2.15. The first-order chi connectivity index (χ1) is 11.0. The first-order valence-corrected chi connectivity index (χ1v) is 8.91. The molecule has 0 aromatic rings. The summed E-state index contributed by atoms with van der Waals surface area (Å²) in [7, 11) is 0. The van der Waals surface area contributed by atoms with Crippen molar-refractivity contribution in [3.05, 3.63) is 34.9 Å². The molecule has 0 amide bonds. The largest absolute Gasteiger partial charge is 0.377 e. The molecule has 0 saturated heterocycles. The van der Waals surface area contributed by atoms with Crippen LogP contribution in [0.1, 0.15) is 51.9 Å². The fourth-order valence-electron chi connectivity index (χ4n) is 5.75. The van der Waals surface area contributed by atoms with Crippen molar-refractivity contribution in [2.75, 3.05) is 0 Å². The number of terminal acetylenes is 1. The molecule has 2 unspecified atom stereocenters. The van der Waals surface area contributed by atoms with E-state index in [1.807, 2.05) is 6.08 Å². The maximum Gasteiger partial charge on any atom is 0.156 e. The molecule has 4 rings (SSSR count). The average molecular weight is 308 g/mol. The highest BCUT2D eigenvalue weighted by Crippen LogP contribution is 2.62. The number of ketones is 1. The Balaban J connectivity index is 1.85. The van der Waals surface area contributed by atoms with Crippen molar-refractivity contribution < 1.29 is 9.90 Å². The molecule has 120 valence electrons. The summed E-state index contributed by atoms with van der Waals surface area (Å²) in [5.74, 6) is 3.91. The molecule has 2 heteroatoms. The van der Waals surface area contributed by atoms with Gasteiger partial charge in [-0.1, -0.05) is 25.0 Å². The summed E-state index contributed by atoms with van der Waals surface area (Å²) < 4.78 is 0. The molecule has 0 heterocycles. The van der Waals surface area contributed by atoms with Crippen molar-refractivity contribution in [2.24, 2.45) is 17.3 Å². The van der Waals surface area contributed by atoms with Crippen LogP contribution in [0.25, 0.3) is 0 Å². The fourth-order valence-corrected chi connectivity index (χ4v) is 5.75. The number of hydrogen-bond acceptors (Lipinski definition) is 2. The highest BCUT2D eigenvalue weighted by Gasteiger charge is 2.60. The van der Waals surface area contributed by atoms with Crippen LogP contribution < -0.4 is 0 Å². The number of carbonyl (C=O) groups is 1. The van der Waals surface area contributed by atoms with Gasteiger partial charge in [0.25, 0.3) is 0 Å². The van der Waals surface area contributed by atoms with Gasteiger partial charge in [-0.2, -0.15) is 0 Å². The lowest BCUT2D eigenvalue weighted by atomic mass is 9.56. The van der Waals surface area contributed by atoms with E-state index in [0.29, 0.717) is 24.7 Å². The molecule has 1 fully saturated rings. The minimum Gasteiger partial charge on any atom is -0.377 e. The minimum atomic E-state index is -1.00. The van der Waals surface area contributed by atoms with E-state index in [9.17, 15) is 9.90 Å². The van der Waals surface area contributed by atoms with Crippen molar-refractivity contribution >= 4 is 5.78 Å². The zero-order chi connectivity index (χ0) is 16.2. The van der Waals surface area contributed by atoms with E-state index < -0.39 is 5.60 Å². The second kappa shape index (κ2) is 4.95. The second-order valence-electron chi connectivity index (χ2n) is 7.59. The van der Waals surface area contributed by atoms with Gasteiger partial charge in [0.05, 0.1) is 0 Å². The Bertz CT molecular complexity index is 702. The van der Waals surface area contributed by atoms with Crippen LogP contribution in [-0.4, -0.2) is 16.5 Å². The number of carbonyl (C=O) groups excluding carboxylic acids is 1. The molecule has 0 bridgehead atoms. The Morgan fingerprint density at radius 3 is 2.91 bits per heavy atom. The molecular weight excluding hydrogens is 284 g/mol. The summed E-state index contributed by atoms with van der Waals surface area (Å²) in [5, 5.41) is 11.0. The maximum absolute atomic E-state index is 11.7. The lowest BCUT2D eigenvalue weighted by Gasteiger charge is -2.48. The van der Waals surface area contributed by atoms with Crippen LogP contribution in [-0.2, 0) is 4.79 Å². The molecule has 0 aliphatic heterocycles. The predicted molar refractivity (Wildman–Crippen MR) is 90.4 cm³/mol. The van der Waals surface area contributed by atoms with Gasteiger partial charge in [0.1, 0.15) is 5.60 Å².